The summed E-state index contributed by atoms with van der Waals surface area (Å²) in [6, 6.07) is 4.47. The van der Waals surface area contributed by atoms with Crippen molar-refractivity contribution in [1.29, 1.82) is 0 Å². The van der Waals surface area contributed by atoms with Gasteiger partial charge in [0.25, 0.3) is 5.91 Å². The summed E-state index contributed by atoms with van der Waals surface area (Å²) in [5, 5.41) is 3.12. The molecule has 1 aromatic carbocycles. The van der Waals surface area contributed by atoms with Crippen molar-refractivity contribution in [2.75, 3.05) is 0 Å². The second-order valence-corrected chi connectivity index (χ2v) is 6.31. The van der Waals surface area contributed by atoms with Crippen LogP contribution in [0.4, 0.5) is 0 Å². The predicted molar refractivity (Wildman–Crippen MR) is 85.8 cm³/mol. The van der Waals surface area contributed by atoms with Crippen LogP contribution in [-0.4, -0.2) is 18.1 Å². The summed E-state index contributed by atoms with van der Waals surface area (Å²) in [6.45, 7) is 7.99. The van der Waals surface area contributed by atoms with Gasteiger partial charge in [-0.1, -0.05) is 25.3 Å². The van der Waals surface area contributed by atoms with Crippen molar-refractivity contribution < 1.29 is 9.53 Å². The minimum atomic E-state index is -0.452. The second kappa shape index (κ2) is 6.97. The van der Waals surface area contributed by atoms with Gasteiger partial charge in [-0.25, -0.2) is 0 Å². The molecule has 1 atom stereocenters. The van der Waals surface area contributed by atoms with E-state index in [1.165, 1.54) is 24.8 Å². The monoisotopic (exact) mass is 289 g/mol. The molecule has 0 saturated heterocycles. The molecule has 0 bridgehead atoms. The van der Waals surface area contributed by atoms with E-state index in [2.05, 4.69) is 18.3 Å². The number of amides is 1. The fourth-order valence-corrected chi connectivity index (χ4v) is 2.93. The van der Waals surface area contributed by atoms with E-state index in [-0.39, 0.29) is 5.91 Å². The number of hydrogen-bond donors (Lipinski definition) is 1. The Balaban J connectivity index is 1.97. The van der Waals surface area contributed by atoms with Crippen molar-refractivity contribution in [3.05, 3.63) is 28.8 Å². The van der Waals surface area contributed by atoms with Crippen molar-refractivity contribution in [2.24, 2.45) is 0 Å². The first kappa shape index (κ1) is 15.9. The molecule has 1 unspecified atom stereocenters. The Hall–Kier alpha value is -1.51. The summed E-state index contributed by atoms with van der Waals surface area (Å²) >= 11 is 0. The molecule has 116 valence electrons. The van der Waals surface area contributed by atoms with Gasteiger partial charge in [0.2, 0.25) is 0 Å². The third-order valence-corrected chi connectivity index (χ3v) is 4.39. The Morgan fingerprint density at radius 3 is 2.52 bits per heavy atom. The molecule has 1 aliphatic rings. The zero-order valence-electron chi connectivity index (χ0n) is 13.7. The number of rotatable bonds is 4. The average Bonchev–Trinajstić information content (AvgIpc) is 2.45. The van der Waals surface area contributed by atoms with E-state index in [0.717, 1.165) is 29.7 Å². The highest BCUT2D eigenvalue weighted by molar-refractivity contribution is 5.81. The van der Waals surface area contributed by atoms with Gasteiger partial charge in [-0.15, -0.1) is 0 Å². The summed E-state index contributed by atoms with van der Waals surface area (Å²) in [6.07, 6.45) is 5.47. The minimum Gasteiger partial charge on any atom is -0.481 e. The fourth-order valence-electron chi connectivity index (χ4n) is 2.93. The summed E-state index contributed by atoms with van der Waals surface area (Å²) in [5.74, 6) is 0.819. The molecule has 21 heavy (non-hydrogen) atoms. The molecule has 1 aromatic rings. The molecule has 1 fully saturated rings. The third kappa shape index (κ3) is 4.23. The lowest BCUT2D eigenvalue weighted by Crippen LogP contribution is -2.43. The molecule has 2 rings (SSSR count). The first-order valence-corrected chi connectivity index (χ1v) is 8.02. The third-order valence-electron chi connectivity index (χ3n) is 4.39. The van der Waals surface area contributed by atoms with Crippen LogP contribution < -0.4 is 10.1 Å². The van der Waals surface area contributed by atoms with Gasteiger partial charge in [-0.05, 0) is 63.3 Å². The number of hydrogen-bond acceptors (Lipinski definition) is 2. The van der Waals surface area contributed by atoms with E-state index in [1.807, 2.05) is 26.8 Å². The molecule has 1 N–H and O–H groups in total. The lowest BCUT2D eigenvalue weighted by molar-refractivity contribution is -0.128. The van der Waals surface area contributed by atoms with Crippen LogP contribution in [-0.2, 0) is 4.79 Å². The minimum absolute atomic E-state index is 0.000425. The Bertz CT molecular complexity index is 504. The highest BCUT2D eigenvalue weighted by Gasteiger charge is 2.21. The molecular weight excluding hydrogens is 262 g/mol. The quantitative estimate of drug-likeness (QED) is 0.915. The van der Waals surface area contributed by atoms with Crippen LogP contribution in [0.2, 0.25) is 0 Å². The summed E-state index contributed by atoms with van der Waals surface area (Å²) in [7, 11) is 0. The lowest BCUT2D eigenvalue weighted by Gasteiger charge is -2.25. The Kier molecular flexibility index (Phi) is 5.27. The van der Waals surface area contributed by atoms with Gasteiger partial charge in [0, 0.05) is 6.04 Å². The van der Waals surface area contributed by atoms with Crippen molar-refractivity contribution in [2.45, 2.75) is 71.9 Å². The fraction of sp³-hybridized carbons (Fsp3) is 0.611. The van der Waals surface area contributed by atoms with Crippen molar-refractivity contribution in [1.82, 2.24) is 5.32 Å². The van der Waals surface area contributed by atoms with Crippen molar-refractivity contribution >= 4 is 5.91 Å². The largest absolute Gasteiger partial charge is 0.481 e. The molecular formula is C18H27NO2. The van der Waals surface area contributed by atoms with Gasteiger partial charge in [0.05, 0.1) is 0 Å². The van der Waals surface area contributed by atoms with Gasteiger partial charge in [-0.3, -0.25) is 4.79 Å². The summed E-state index contributed by atoms with van der Waals surface area (Å²) in [5.41, 5.74) is 3.47. The Labute approximate surface area is 128 Å². The summed E-state index contributed by atoms with van der Waals surface area (Å²) in [4.78, 5) is 12.3. The van der Waals surface area contributed by atoms with E-state index in [1.54, 1.807) is 0 Å². The number of ether oxygens (including phenoxy) is 1. The molecule has 0 heterocycles. The Morgan fingerprint density at radius 2 is 1.86 bits per heavy atom. The molecule has 0 aliphatic heterocycles. The van der Waals surface area contributed by atoms with Crippen LogP contribution in [0.25, 0.3) is 0 Å². The van der Waals surface area contributed by atoms with E-state index < -0.39 is 6.10 Å². The molecule has 3 heteroatoms. The number of aryl methyl sites for hydroxylation is 2. The van der Waals surface area contributed by atoms with Crippen LogP contribution >= 0.6 is 0 Å². The van der Waals surface area contributed by atoms with Crippen LogP contribution in [0, 0.1) is 20.8 Å². The van der Waals surface area contributed by atoms with E-state index in [4.69, 9.17) is 4.74 Å². The highest BCUT2D eigenvalue weighted by Crippen LogP contribution is 2.24. The van der Waals surface area contributed by atoms with E-state index >= 15 is 0 Å². The standard InChI is InChI=1S/C18H27NO2/c1-12-10-13(2)14(3)17(11-12)21-15(4)18(20)19-16-8-6-5-7-9-16/h10-11,15-16H,5-9H2,1-4H3,(H,19,20). The number of nitrogens with one attached hydrogen (secondary N) is 1. The van der Waals surface area contributed by atoms with Gasteiger partial charge in [0.15, 0.2) is 6.10 Å². The zero-order chi connectivity index (χ0) is 15.4. The molecule has 0 spiro atoms. The van der Waals surface area contributed by atoms with Crippen molar-refractivity contribution in [3.8, 4) is 5.75 Å². The average molecular weight is 289 g/mol. The lowest BCUT2D eigenvalue weighted by atomic mass is 9.95. The molecule has 0 radical (unpaired) electrons. The highest BCUT2D eigenvalue weighted by atomic mass is 16.5. The maximum Gasteiger partial charge on any atom is 0.260 e. The van der Waals surface area contributed by atoms with E-state index in [0.29, 0.717) is 6.04 Å². The smallest absolute Gasteiger partial charge is 0.260 e. The zero-order valence-corrected chi connectivity index (χ0v) is 13.7. The molecule has 0 aromatic heterocycles. The SMILES string of the molecule is Cc1cc(C)c(C)c(OC(C)C(=O)NC2CCCCC2)c1. The first-order valence-electron chi connectivity index (χ1n) is 8.02. The number of carbonyl (C=O) groups excluding carboxylic acids is 1. The van der Waals surface area contributed by atoms with Gasteiger partial charge in [0.1, 0.15) is 5.75 Å². The van der Waals surface area contributed by atoms with Gasteiger partial charge < -0.3 is 10.1 Å². The maximum absolute atomic E-state index is 12.3. The van der Waals surface area contributed by atoms with Crippen LogP contribution in [0.3, 0.4) is 0 Å². The van der Waals surface area contributed by atoms with Crippen LogP contribution in [0.15, 0.2) is 12.1 Å². The normalized spacial score (nSPS) is 17.3. The molecule has 1 amide bonds. The molecule has 1 saturated carbocycles. The predicted octanol–water partition coefficient (Wildman–Crippen LogP) is 3.83. The van der Waals surface area contributed by atoms with Crippen molar-refractivity contribution in [3.63, 3.8) is 0 Å². The molecule has 3 nitrogen and oxygen atoms in total. The van der Waals surface area contributed by atoms with Gasteiger partial charge in [-0.2, -0.15) is 0 Å². The van der Waals surface area contributed by atoms with Gasteiger partial charge >= 0.3 is 0 Å². The second-order valence-electron chi connectivity index (χ2n) is 6.31. The van der Waals surface area contributed by atoms with E-state index in [9.17, 15) is 4.79 Å². The van der Waals surface area contributed by atoms with Crippen LogP contribution in [0.5, 0.6) is 5.75 Å². The topological polar surface area (TPSA) is 38.3 Å². The maximum atomic E-state index is 12.3. The number of carbonyl (C=O) groups is 1. The van der Waals surface area contributed by atoms with Crippen LogP contribution in [0.1, 0.15) is 55.7 Å². The molecule has 1 aliphatic carbocycles. The summed E-state index contributed by atoms with van der Waals surface area (Å²) < 4.78 is 5.90. The first-order chi connectivity index (χ1) is 9.97. The Morgan fingerprint density at radius 1 is 1.19 bits per heavy atom. The number of benzene rings is 1.